The number of aliphatic hydroxyl groups is 1. The van der Waals surface area contributed by atoms with Gasteiger partial charge in [-0.2, -0.15) is 0 Å². The van der Waals surface area contributed by atoms with Gasteiger partial charge in [0.05, 0.1) is 6.10 Å². The normalized spacial score (nSPS) is 11.1. The Bertz CT molecular complexity index is 29.7. The highest BCUT2D eigenvalue weighted by Gasteiger charge is 1.81. The van der Waals surface area contributed by atoms with Gasteiger partial charge >= 0.3 is 0 Å². The van der Waals surface area contributed by atoms with Gasteiger partial charge < -0.3 is 5.11 Å². The zero-order valence-corrected chi connectivity index (χ0v) is 7.46. The molecule has 0 rings (SSSR count). The molecule has 0 bridgehead atoms. The Morgan fingerprint density at radius 1 is 1.50 bits per heavy atom. The van der Waals surface area contributed by atoms with Crippen LogP contribution in [0.1, 0.15) is 20.3 Å². The van der Waals surface area contributed by atoms with Crippen molar-refractivity contribution < 1.29 is 5.11 Å². The summed E-state index contributed by atoms with van der Waals surface area (Å²) in [4.78, 5) is 0. The van der Waals surface area contributed by atoms with Crippen LogP contribution in [-0.4, -0.2) is 26.4 Å². The zero-order chi connectivity index (χ0) is 6.99. The van der Waals surface area contributed by atoms with Crippen LogP contribution in [0.25, 0.3) is 0 Å². The minimum atomic E-state index is -0.116. The van der Waals surface area contributed by atoms with Crippen molar-refractivity contribution in [3.8, 4) is 0 Å². The van der Waals surface area contributed by atoms with E-state index in [2.05, 4.69) is 11.6 Å². The summed E-state index contributed by atoms with van der Waals surface area (Å²) in [6, 6.07) is 0. The molecule has 1 radical (unpaired) electrons. The number of aliphatic hydroxyl groups excluding tert-OH is 1. The third-order valence-electron chi connectivity index (χ3n) is 0.591. The third-order valence-corrected chi connectivity index (χ3v) is 0.591. The fourth-order valence-corrected chi connectivity index (χ4v) is 0. The number of hydrogen-bond donors (Lipinski definition) is 1. The van der Waals surface area contributed by atoms with Gasteiger partial charge in [-0.25, -0.2) is 0 Å². The van der Waals surface area contributed by atoms with Crippen molar-refractivity contribution in [2.75, 3.05) is 0 Å². The van der Waals surface area contributed by atoms with Gasteiger partial charge in [-0.3, -0.25) is 0 Å². The smallest absolute Gasteiger partial charge is 0.191 e. The van der Waals surface area contributed by atoms with Gasteiger partial charge in [0.15, 0.2) is 15.2 Å². The molecule has 1 atom stereocenters. The van der Waals surface area contributed by atoms with Gasteiger partial charge in [-0.05, 0) is 13.3 Å². The quantitative estimate of drug-likeness (QED) is 0.535. The molecule has 8 heavy (non-hydrogen) atoms. The molecule has 1 N–H and O–H groups in total. The van der Waals surface area contributed by atoms with E-state index in [-0.39, 0.29) is 6.10 Å². The van der Waals surface area contributed by atoms with Crippen molar-refractivity contribution in [3.05, 3.63) is 0 Å². The maximum Gasteiger partial charge on any atom is 0.191 e. The van der Waals surface area contributed by atoms with Gasteiger partial charge in [-0.1, -0.05) is 6.92 Å². The lowest BCUT2D eigenvalue weighted by Gasteiger charge is -1.90. The van der Waals surface area contributed by atoms with E-state index in [9.17, 15) is 0 Å². The average molecular weight is 131 g/mol. The monoisotopic (exact) mass is 131 g/mol. The molecule has 1 nitrogen and oxygen atoms in total. The summed E-state index contributed by atoms with van der Waals surface area (Å²) in [6.45, 7) is 3.73. The van der Waals surface area contributed by atoms with E-state index < -0.39 is 0 Å². The van der Waals surface area contributed by atoms with Crippen LogP contribution in [0.15, 0.2) is 0 Å². The fourth-order valence-electron chi connectivity index (χ4n) is 0. The lowest BCUT2D eigenvalue weighted by molar-refractivity contribution is 0.191. The molecular formula is C6H16AlO. The number of rotatable bonds is 1. The predicted molar refractivity (Wildman–Crippen MR) is 39.5 cm³/mol. The van der Waals surface area contributed by atoms with E-state index in [4.69, 9.17) is 5.11 Å². The van der Waals surface area contributed by atoms with Crippen LogP contribution in [0.3, 0.4) is 0 Å². The van der Waals surface area contributed by atoms with Crippen molar-refractivity contribution in [2.45, 2.75) is 37.9 Å². The topological polar surface area (TPSA) is 20.2 Å². The Morgan fingerprint density at radius 2 is 1.62 bits per heavy atom. The molecule has 0 aromatic heterocycles. The van der Waals surface area contributed by atoms with E-state index >= 15 is 0 Å². The minimum Gasteiger partial charge on any atom is -0.393 e. The van der Waals surface area contributed by atoms with Gasteiger partial charge in [0.1, 0.15) is 0 Å². The predicted octanol–water partition coefficient (Wildman–Crippen LogP) is 1.56. The Hall–Kier alpha value is 0.492. The van der Waals surface area contributed by atoms with Crippen molar-refractivity contribution in [3.63, 3.8) is 0 Å². The molecule has 0 saturated heterocycles. The van der Waals surface area contributed by atoms with Gasteiger partial charge in [-0.15, -0.1) is 11.6 Å². The SMILES string of the molecule is CCC(C)O.[CH3][Al][CH3]. The van der Waals surface area contributed by atoms with E-state index in [1.165, 1.54) is 0 Å². The van der Waals surface area contributed by atoms with Crippen LogP contribution >= 0.6 is 0 Å². The Kier molecular flexibility index (Phi) is 14.8. The molecule has 0 amide bonds. The molecule has 2 heteroatoms. The molecule has 49 valence electrons. The number of hydrogen-bond acceptors (Lipinski definition) is 1. The summed E-state index contributed by atoms with van der Waals surface area (Å²) in [5.41, 5.74) is 0. The second kappa shape index (κ2) is 10.5. The first-order valence-electron chi connectivity index (χ1n) is 3.11. The summed E-state index contributed by atoms with van der Waals surface area (Å²) >= 11 is 0.750. The Labute approximate surface area is 58.8 Å². The van der Waals surface area contributed by atoms with Crippen LogP contribution in [0.2, 0.25) is 11.6 Å². The molecule has 1 unspecified atom stereocenters. The molecule has 0 aromatic rings. The maximum atomic E-state index is 8.36. The Morgan fingerprint density at radius 3 is 1.62 bits per heavy atom. The fraction of sp³-hybridized carbons (Fsp3) is 1.00. The lowest BCUT2D eigenvalue weighted by Crippen LogP contribution is -1.93. The first-order valence-corrected chi connectivity index (χ1v) is 5.42. The molecule has 0 saturated carbocycles. The highest BCUT2D eigenvalue weighted by Crippen LogP contribution is 1.81. The highest BCUT2D eigenvalue weighted by atomic mass is 27.1. The Balaban J connectivity index is 0. The lowest BCUT2D eigenvalue weighted by atomic mass is 10.3. The van der Waals surface area contributed by atoms with Crippen LogP contribution in [0, 0.1) is 0 Å². The summed E-state index contributed by atoms with van der Waals surface area (Å²) in [7, 11) is 0. The average Bonchev–Trinajstić information content (AvgIpc) is 1.69. The van der Waals surface area contributed by atoms with E-state index in [0.29, 0.717) is 0 Å². The molecule has 0 spiro atoms. The second-order valence-corrected chi connectivity index (χ2v) is 2.99. The first kappa shape index (κ1) is 11.3. The van der Waals surface area contributed by atoms with Crippen molar-refractivity contribution in [2.24, 2.45) is 0 Å². The molecular weight excluding hydrogens is 115 g/mol. The van der Waals surface area contributed by atoms with Crippen LogP contribution in [0.4, 0.5) is 0 Å². The van der Waals surface area contributed by atoms with Gasteiger partial charge in [0.2, 0.25) is 0 Å². The van der Waals surface area contributed by atoms with Crippen LogP contribution < -0.4 is 0 Å². The highest BCUT2D eigenvalue weighted by molar-refractivity contribution is 6.31. The summed E-state index contributed by atoms with van der Waals surface area (Å²) in [6.07, 6.45) is 0.745. The summed E-state index contributed by atoms with van der Waals surface area (Å²) < 4.78 is 0. The molecule has 0 fully saturated rings. The minimum absolute atomic E-state index is 0.116. The van der Waals surface area contributed by atoms with E-state index in [0.717, 1.165) is 21.6 Å². The zero-order valence-electron chi connectivity index (χ0n) is 6.31. The third kappa shape index (κ3) is 31.5. The maximum absolute atomic E-state index is 8.36. The molecule has 0 aliphatic rings. The van der Waals surface area contributed by atoms with Crippen molar-refractivity contribution >= 4 is 15.2 Å². The second-order valence-electron chi connectivity index (χ2n) is 1.83. The van der Waals surface area contributed by atoms with Gasteiger partial charge in [0.25, 0.3) is 0 Å². The molecule has 0 aromatic carbocycles. The largest absolute Gasteiger partial charge is 0.393 e. The van der Waals surface area contributed by atoms with Crippen LogP contribution in [-0.2, 0) is 0 Å². The van der Waals surface area contributed by atoms with Crippen molar-refractivity contribution in [1.82, 2.24) is 0 Å². The van der Waals surface area contributed by atoms with Gasteiger partial charge in [0, 0.05) is 0 Å². The summed E-state index contributed by atoms with van der Waals surface area (Å²) in [5.74, 6) is 4.42. The summed E-state index contributed by atoms with van der Waals surface area (Å²) in [5, 5.41) is 8.36. The van der Waals surface area contributed by atoms with E-state index in [1.54, 1.807) is 6.92 Å². The first-order chi connectivity index (χ1) is 3.68. The molecule has 0 aliphatic heterocycles. The standard InChI is InChI=1S/C4H10O.2CH3.Al/c1-3-4(2)5;;;/h4-5H,3H2,1-2H3;2*1H3;. The van der Waals surface area contributed by atoms with Crippen LogP contribution in [0.5, 0.6) is 0 Å². The van der Waals surface area contributed by atoms with Crippen molar-refractivity contribution in [1.29, 1.82) is 0 Å². The molecule has 0 aliphatic carbocycles. The van der Waals surface area contributed by atoms with E-state index in [1.807, 2.05) is 6.92 Å². The molecule has 0 heterocycles.